The third kappa shape index (κ3) is 4.18. The first-order chi connectivity index (χ1) is 18.0. The number of pyridine rings is 2. The number of fused-ring (bicyclic) bond motifs is 2. The Morgan fingerprint density at radius 2 is 1.92 bits per heavy atom. The SMILES string of the molecule is CCc1nn(Cc2cccc(C)n2)c2cccc(CC(=O)c3cnc4cc(-c5nnc(C)o5)ccn34)c12. The maximum absolute atomic E-state index is 13.5. The van der Waals surface area contributed by atoms with E-state index in [2.05, 4.69) is 33.2 Å². The van der Waals surface area contributed by atoms with Gasteiger partial charge in [0.25, 0.3) is 0 Å². The maximum atomic E-state index is 13.5. The molecule has 6 rings (SSSR count). The molecule has 0 aliphatic rings. The van der Waals surface area contributed by atoms with E-state index in [1.54, 1.807) is 17.5 Å². The number of benzene rings is 1. The van der Waals surface area contributed by atoms with Gasteiger partial charge in [0, 0.05) is 36.2 Å². The predicted molar refractivity (Wildman–Crippen MR) is 138 cm³/mol. The van der Waals surface area contributed by atoms with Gasteiger partial charge >= 0.3 is 0 Å². The Morgan fingerprint density at radius 3 is 2.70 bits per heavy atom. The van der Waals surface area contributed by atoms with Crippen molar-refractivity contribution < 1.29 is 9.21 Å². The average Bonchev–Trinajstić information content (AvgIpc) is 3.61. The van der Waals surface area contributed by atoms with Crippen LogP contribution in [0.4, 0.5) is 0 Å². The molecule has 5 aromatic heterocycles. The summed E-state index contributed by atoms with van der Waals surface area (Å²) in [7, 11) is 0. The monoisotopic (exact) mass is 491 g/mol. The summed E-state index contributed by atoms with van der Waals surface area (Å²) >= 11 is 0. The van der Waals surface area contributed by atoms with Gasteiger partial charge in [-0.15, -0.1) is 10.2 Å². The molecule has 0 atom stereocenters. The molecule has 37 heavy (non-hydrogen) atoms. The summed E-state index contributed by atoms with van der Waals surface area (Å²) in [5, 5.41) is 13.9. The molecular formula is C28H25N7O2. The van der Waals surface area contributed by atoms with E-state index in [4.69, 9.17) is 9.52 Å². The molecule has 184 valence electrons. The Balaban J connectivity index is 1.33. The van der Waals surface area contributed by atoms with Crippen molar-refractivity contribution in [3.05, 3.63) is 95.2 Å². The van der Waals surface area contributed by atoms with Gasteiger partial charge in [0.15, 0.2) is 5.78 Å². The van der Waals surface area contributed by atoms with Crippen LogP contribution in [0, 0.1) is 13.8 Å². The molecule has 0 saturated carbocycles. The van der Waals surface area contributed by atoms with Gasteiger partial charge in [-0.25, -0.2) is 4.98 Å². The van der Waals surface area contributed by atoms with Crippen LogP contribution in [0.15, 0.2) is 65.3 Å². The Labute approximate surface area is 212 Å². The number of carbonyl (C=O) groups is 1. The quantitative estimate of drug-likeness (QED) is 0.296. The van der Waals surface area contributed by atoms with Crippen molar-refractivity contribution in [3.63, 3.8) is 0 Å². The minimum Gasteiger partial charge on any atom is -0.421 e. The van der Waals surface area contributed by atoms with E-state index < -0.39 is 0 Å². The third-order valence-electron chi connectivity index (χ3n) is 6.45. The first-order valence-electron chi connectivity index (χ1n) is 12.2. The lowest BCUT2D eigenvalue weighted by Crippen LogP contribution is -2.07. The zero-order chi connectivity index (χ0) is 25.5. The van der Waals surface area contributed by atoms with Gasteiger partial charge in [0.05, 0.1) is 29.6 Å². The molecule has 0 spiro atoms. The van der Waals surface area contributed by atoms with E-state index >= 15 is 0 Å². The van der Waals surface area contributed by atoms with E-state index in [-0.39, 0.29) is 12.2 Å². The minimum absolute atomic E-state index is 0.0171. The number of aromatic nitrogens is 7. The molecule has 6 aromatic rings. The lowest BCUT2D eigenvalue weighted by atomic mass is 10.0. The summed E-state index contributed by atoms with van der Waals surface area (Å²) in [5.41, 5.74) is 6.78. The summed E-state index contributed by atoms with van der Waals surface area (Å²) in [6.45, 7) is 6.39. The molecule has 5 heterocycles. The van der Waals surface area contributed by atoms with Crippen LogP contribution >= 0.6 is 0 Å². The van der Waals surface area contributed by atoms with Crippen LogP contribution in [0.2, 0.25) is 0 Å². The molecule has 0 aliphatic carbocycles. The smallest absolute Gasteiger partial charge is 0.247 e. The molecule has 0 aliphatic heterocycles. The van der Waals surface area contributed by atoms with Crippen LogP contribution in [0.25, 0.3) is 28.0 Å². The Kier molecular flexibility index (Phi) is 5.60. The number of hydrogen-bond donors (Lipinski definition) is 0. The van der Waals surface area contributed by atoms with E-state index in [1.807, 2.05) is 60.3 Å². The highest BCUT2D eigenvalue weighted by atomic mass is 16.4. The first-order valence-corrected chi connectivity index (χ1v) is 12.2. The lowest BCUT2D eigenvalue weighted by molar-refractivity contribution is 0.0987. The lowest BCUT2D eigenvalue weighted by Gasteiger charge is -2.07. The summed E-state index contributed by atoms with van der Waals surface area (Å²) < 4.78 is 9.30. The molecule has 0 fully saturated rings. The van der Waals surface area contributed by atoms with Crippen LogP contribution in [-0.4, -0.2) is 40.1 Å². The second kappa shape index (κ2) is 9.09. The van der Waals surface area contributed by atoms with E-state index in [1.165, 1.54) is 0 Å². The summed E-state index contributed by atoms with van der Waals surface area (Å²) in [6.07, 6.45) is 4.45. The molecule has 0 radical (unpaired) electrons. The number of aryl methyl sites for hydroxylation is 3. The highest BCUT2D eigenvalue weighted by Gasteiger charge is 2.19. The van der Waals surface area contributed by atoms with Gasteiger partial charge in [-0.1, -0.05) is 25.1 Å². The molecule has 0 N–H and O–H groups in total. The van der Waals surface area contributed by atoms with Crippen molar-refractivity contribution in [2.45, 2.75) is 40.2 Å². The summed E-state index contributed by atoms with van der Waals surface area (Å²) in [6, 6.07) is 15.7. The number of Topliss-reactive ketones (excluding diaryl/α,β-unsaturated/α-hetero) is 1. The summed E-state index contributed by atoms with van der Waals surface area (Å²) in [4.78, 5) is 22.6. The molecule has 1 aromatic carbocycles. The minimum atomic E-state index is -0.0171. The van der Waals surface area contributed by atoms with Gasteiger partial charge in [-0.2, -0.15) is 5.10 Å². The van der Waals surface area contributed by atoms with E-state index in [0.717, 1.165) is 45.5 Å². The highest BCUT2D eigenvalue weighted by Crippen LogP contribution is 2.26. The van der Waals surface area contributed by atoms with Crippen molar-refractivity contribution in [1.82, 2.24) is 34.3 Å². The average molecular weight is 492 g/mol. The number of nitrogens with zero attached hydrogens (tertiary/aromatic N) is 7. The number of hydrogen-bond acceptors (Lipinski definition) is 7. The number of imidazole rings is 1. The van der Waals surface area contributed by atoms with Crippen molar-refractivity contribution in [2.75, 3.05) is 0 Å². The van der Waals surface area contributed by atoms with Gasteiger partial charge in [-0.05, 0) is 49.2 Å². The molecule has 9 nitrogen and oxygen atoms in total. The normalized spacial score (nSPS) is 11.5. The van der Waals surface area contributed by atoms with Crippen LogP contribution < -0.4 is 0 Å². The maximum Gasteiger partial charge on any atom is 0.247 e. The van der Waals surface area contributed by atoms with Gasteiger partial charge in [-0.3, -0.25) is 18.9 Å². The molecule has 0 unspecified atom stereocenters. The highest BCUT2D eigenvalue weighted by molar-refractivity contribution is 5.99. The van der Waals surface area contributed by atoms with Gasteiger partial charge in [0.2, 0.25) is 11.8 Å². The number of rotatable bonds is 7. The standard InChI is InChI=1S/C28H25N7O2/c1-4-22-27-19(8-6-10-23(27)35(33-22)16-21-9-5-7-17(2)30-21)13-25(36)24-15-29-26-14-20(11-12-34(24)26)28-32-31-18(3)37-28/h5-12,14-15H,4,13,16H2,1-3H3. The van der Waals surface area contributed by atoms with Crippen LogP contribution in [-0.2, 0) is 19.4 Å². The molecule has 0 bridgehead atoms. The largest absolute Gasteiger partial charge is 0.421 e. The fourth-order valence-corrected chi connectivity index (χ4v) is 4.74. The Hall–Kier alpha value is -4.66. The van der Waals surface area contributed by atoms with Crippen LogP contribution in [0.1, 0.15) is 45.9 Å². The molecule has 0 saturated heterocycles. The van der Waals surface area contributed by atoms with Gasteiger partial charge in [0.1, 0.15) is 11.3 Å². The second-order valence-electron chi connectivity index (χ2n) is 9.05. The Morgan fingerprint density at radius 1 is 1.05 bits per heavy atom. The zero-order valence-corrected chi connectivity index (χ0v) is 20.8. The topological polar surface area (TPSA) is 104 Å². The van der Waals surface area contributed by atoms with Crippen molar-refractivity contribution in [2.24, 2.45) is 0 Å². The Bertz CT molecular complexity index is 1780. The zero-order valence-electron chi connectivity index (χ0n) is 20.8. The third-order valence-corrected chi connectivity index (χ3v) is 6.45. The fourth-order valence-electron chi connectivity index (χ4n) is 4.74. The van der Waals surface area contributed by atoms with E-state index in [0.29, 0.717) is 29.7 Å². The summed E-state index contributed by atoms with van der Waals surface area (Å²) in [5.74, 6) is 0.900. The van der Waals surface area contributed by atoms with Crippen molar-refractivity contribution in [1.29, 1.82) is 0 Å². The first kappa shape index (κ1) is 22.8. The molecule has 0 amide bonds. The number of ketones is 1. The van der Waals surface area contributed by atoms with Crippen LogP contribution in [0.5, 0.6) is 0 Å². The van der Waals surface area contributed by atoms with Gasteiger partial charge < -0.3 is 4.42 Å². The fraction of sp³-hybridized carbons (Fsp3) is 0.214. The predicted octanol–water partition coefficient (Wildman–Crippen LogP) is 4.78. The molecule has 9 heteroatoms. The van der Waals surface area contributed by atoms with Crippen molar-refractivity contribution in [3.8, 4) is 11.5 Å². The second-order valence-corrected chi connectivity index (χ2v) is 9.05. The number of carbonyl (C=O) groups excluding carboxylic acids is 1. The van der Waals surface area contributed by atoms with E-state index in [9.17, 15) is 4.79 Å². The molecular weight excluding hydrogens is 466 g/mol. The van der Waals surface area contributed by atoms with Crippen LogP contribution in [0.3, 0.4) is 0 Å². The van der Waals surface area contributed by atoms with Crippen molar-refractivity contribution >= 4 is 22.3 Å².